The summed E-state index contributed by atoms with van der Waals surface area (Å²) in [6, 6.07) is 0. The number of carbonyl (C=O) groups is 1. The Labute approximate surface area is 122 Å². The summed E-state index contributed by atoms with van der Waals surface area (Å²) in [6.07, 6.45) is 6.50. The number of carbonyl (C=O) groups excluding carboxylic acids is 1. The van der Waals surface area contributed by atoms with Crippen LogP contribution in [0.15, 0.2) is 11.8 Å². The van der Waals surface area contributed by atoms with Crippen molar-refractivity contribution in [3.8, 4) is 0 Å². The molecule has 0 unspecified atom stereocenters. The number of nitrogens with zero attached hydrogens (tertiary/aromatic N) is 2. The number of hydrogen-bond donors (Lipinski definition) is 0. The van der Waals surface area contributed by atoms with Crippen LogP contribution in [-0.4, -0.2) is 55.9 Å². The van der Waals surface area contributed by atoms with Crippen LogP contribution in [-0.2, 0) is 14.1 Å². The third kappa shape index (κ3) is 4.37. The molecule has 1 rings (SSSR count). The lowest BCUT2D eigenvalue weighted by Crippen LogP contribution is -2.27. The lowest BCUT2D eigenvalue weighted by Gasteiger charge is -2.38. The fraction of sp³-hybridized carbons (Fsp3) is 0.714. The zero-order chi connectivity index (χ0) is 15.2. The van der Waals surface area contributed by atoms with Crippen LogP contribution < -0.4 is 0 Å². The Bertz CT molecular complexity index is 405. The van der Waals surface area contributed by atoms with Crippen molar-refractivity contribution < 1.29 is 14.1 Å². The van der Waals surface area contributed by atoms with Crippen molar-refractivity contribution in [1.82, 2.24) is 9.34 Å². The van der Waals surface area contributed by atoms with Crippen molar-refractivity contribution in [2.45, 2.75) is 32.6 Å². The van der Waals surface area contributed by atoms with Crippen molar-refractivity contribution in [3.63, 3.8) is 0 Å². The number of hydrogen-bond acceptors (Lipinski definition) is 5. The monoisotopic (exact) mass is 302 g/mol. The van der Waals surface area contributed by atoms with E-state index in [2.05, 4.69) is 6.08 Å². The molecule has 1 aliphatic carbocycles. The Morgan fingerprint density at radius 1 is 1.30 bits per heavy atom. The van der Waals surface area contributed by atoms with Gasteiger partial charge in [-0.05, 0) is 60.5 Å². The third-order valence-corrected chi connectivity index (χ3v) is 6.55. The highest BCUT2D eigenvalue weighted by atomic mass is 31.2. The van der Waals surface area contributed by atoms with E-state index in [4.69, 9.17) is 9.26 Å². The number of allylic oxidation sites excluding steroid dienone is 2. The Hall–Kier alpha value is -0.770. The molecule has 0 bridgehead atoms. The molecule has 0 amide bonds. The standard InChI is InChI=1S/C14H27N2O3P/c1-6-18-14(17)12-20(15(2)3,16(4)5)19-13-10-8-7-9-11-13/h10,12H,6-9,11H2,1-5H3. The highest BCUT2D eigenvalue weighted by Gasteiger charge is 2.29. The normalized spacial score (nSPS) is 16.1. The second-order valence-corrected chi connectivity index (χ2v) is 8.39. The largest absolute Gasteiger partial charge is 0.463 e. The van der Waals surface area contributed by atoms with E-state index < -0.39 is 7.41 Å². The first-order valence-electron chi connectivity index (χ1n) is 7.08. The van der Waals surface area contributed by atoms with Crippen LogP contribution in [0, 0.1) is 0 Å². The maximum absolute atomic E-state index is 11.9. The van der Waals surface area contributed by atoms with Gasteiger partial charge in [0.25, 0.3) is 0 Å². The summed E-state index contributed by atoms with van der Waals surface area (Å²) in [4.78, 5) is 11.9. The van der Waals surface area contributed by atoms with Gasteiger partial charge in [-0.15, -0.1) is 0 Å². The van der Waals surface area contributed by atoms with Crippen molar-refractivity contribution in [1.29, 1.82) is 0 Å². The molecule has 6 heteroatoms. The lowest BCUT2D eigenvalue weighted by atomic mass is 10.1. The summed E-state index contributed by atoms with van der Waals surface area (Å²) in [5.74, 6) is 2.28. The predicted octanol–water partition coefficient (Wildman–Crippen LogP) is 2.71. The van der Waals surface area contributed by atoms with E-state index in [1.807, 2.05) is 44.5 Å². The second-order valence-electron chi connectivity index (χ2n) is 5.17. The van der Waals surface area contributed by atoms with E-state index in [1.165, 1.54) is 6.42 Å². The predicted molar refractivity (Wildman–Crippen MR) is 84.6 cm³/mol. The molecular weight excluding hydrogens is 275 g/mol. The van der Waals surface area contributed by atoms with Crippen LogP contribution in [0.5, 0.6) is 0 Å². The lowest BCUT2D eigenvalue weighted by molar-refractivity contribution is -0.134. The number of esters is 1. The van der Waals surface area contributed by atoms with Crippen molar-refractivity contribution in [3.05, 3.63) is 11.8 Å². The maximum Gasteiger partial charge on any atom is 0.336 e. The first-order chi connectivity index (χ1) is 9.42. The Balaban J connectivity index is 3.11. The zero-order valence-corrected chi connectivity index (χ0v) is 14.2. The Morgan fingerprint density at radius 3 is 2.40 bits per heavy atom. The average molecular weight is 302 g/mol. The molecule has 0 N–H and O–H groups in total. The molecular formula is C14H27N2O3P. The van der Waals surface area contributed by atoms with Gasteiger partial charge in [-0.25, -0.2) is 14.1 Å². The third-order valence-electron chi connectivity index (χ3n) is 3.21. The van der Waals surface area contributed by atoms with E-state index in [1.54, 1.807) is 5.80 Å². The van der Waals surface area contributed by atoms with Gasteiger partial charge in [0.05, 0.1) is 18.2 Å². The van der Waals surface area contributed by atoms with Gasteiger partial charge in [0, 0.05) is 6.42 Å². The summed E-state index contributed by atoms with van der Waals surface area (Å²) >= 11 is 0. The summed E-state index contributed by atoms with van der Waals surface area (Å²) < 4.78 is 15.3. The molecule has 5 nitrogen and oxygen atoms in total. The highest BCUT2D eigenvalue weighted by molar-refractivity contribution is 7.67. The molecule has 0 fully saturated rings. The van der Waals surface area contributed by atoms with E-state index in [0.717, 1.165) is 25.0 Å². The van der Waals surface area contributed by atoms with E-state index >= 15 is 0 Å². The first-order valence-corrected chi connectivity index (χ1v) is 8.76. The molecule has 20 heavy (non-hydrogen) atoms. The summed E-state index contributed by atoms with van der Waals surface area (Å²) in [5, 5.41) is 0. The molecule has 0 saturated carbocycles. The summed E-state index contributed by atoms with van der Waals surface area (Å²) in [7, 11) is 5.45. The molecule has 0 radical (unpaired) electrons. The molecule has 0 saturated heterocycles. The van der Waals surface area contributed by atoms with Crippen LogP contribution in [0.4, 0.5) is 0 Å². The van der Waals surface area contributed by atoms with Crippen LogP contribution in [0.25, 0.3) is 0 Å². The fourth-order valence-corrected chi connectivity index (χ4v) is 4.58. The molecule has 1 aliphatic rings. The van der Waals surface area contributed by atoms with Crippen molar-refractivity contribution >= 4 is 19.2 Å². The van der Waals surface area contributed by atoms with Gasteiger partial charge < -0.3 is 9.26 Å². The topological polar surface area (TPSA) is 42.0 Å². The average Bonchev–Trinajstić information content (AvgIpc) is 2.38. The first kappa shape index (κ1) is 17.3. The van der Waals surface area contributed by atoms with Gasteiger partial charge in [-0.2, -0.15) is 0 Å². The molecule has 0 spiro atoms. The molecule has 0 aromatic heterocycles. The second kappa shape index (κ2) is 7.87. The number of ether oxygens (including phenoxy) is 1. The smallest absolute Gasteiger partial charge is 0.336 e. The van der Waals surface area contributed by atoms with E-state index in [0.29, 0.717) is 6.61 Å². The van der Waals surface area contributed by atoms with Gasteiger partial charge in [0.15, 0.2) is 7.41 Å². The summed E-state index contributed by atoms with van der Waals surface area (Å²) in [6.45, 7) is 2.18. The van der Waals surface area contributed by atoms with E-state index in [9.17, 15) is 4.79 Å². The van der Waals surface area contributed by atoms with Gasteiger partial charge in [-0.1, -0.05) is 0 Å². The van der Waals surface area contributed by atoms with Crippen LogP contribution >= 0.6 is 7.41 Å². The molecule has 0 aromatic rings. The van der Waals surface area contributed by atoms with Gasteiger partial charge in [0.2, 0.25) is 0 Å². The highest BCUT2D eigenvalue weighted by Crippen LogP contribution is 2.54. The van der Waals surface area contributed by atoms with Gasteiger partial charge in [0.1, 0.15) is 0 Å². The minimum atomic E-state index is -2.30. The van der Waals surface area contributed by atoms with Crippen LogP contribution in [0.1, 0.15) is 32.6 Å². The van der Waals surface area contributed by atoms with Crippen molar-refractivity contribution in [2.75, 3.05) is 34.8 Å². The summed E-state index contributed by atoms with van der Waals surface area (Å²) in [5.41, 5.74) is 0. The maximum atomic E-state index is 11.9. The van der Waals surface area contributed by atoms with Crippen LogP contribution in [0.2, 0.25) is 0 Å². The molecule has 0 heterocycles. The fourth-order valence-electron chi connectivity index (χ4n) is 2.16. The Kier molecular flexibility index (Phi) is 6.80. The quantitative estimate of drug-likeness (QED) is 0.557. The van der Waals surface area contributed by atoms with Crippen molar-refractivity contribution in [2.24, 2.45) is 0 Å². The minimum Gasteiger partial charge on any atom is -0.463 e. The zero-order valence-electron chi connectivity index (χ0n) is 13.3. The van der Waals surface area contributed by atoms with Gasteiger partial charge in [-0.3, -0.25) is 0 Å². The van der Waals surface area contributed by atoms with Gasteiger partial charge >= 0.3 is 5.97 Å². The van der Waals surface area contributed by atoms with E-state index in [-0.39, 0.29) is 5.97 Å². The molecule has 0 aliphatic heterocycles. The SMILES string of the molecule is CCOC(=O)C=P(OC1=CCCCC1)(N(C)C)N(C)C. The molecule has 0 aromatic carbocycles. The molecule has 0 atom stereocenters. The minimum absolute atomic E-state index is 0.320. The van der Waals surface area contributed by atoms with Crippen LogP contribution in [0.3, 0.4) is 0 Å². The number of rotatable bonds is 6. The molecule has 116 valence electrons. The Morgan fingerprint density at radius 2 is 1.95 bits per heavy atom.